The number of nitrogens with zero attached hydrogens (tertiary/aromatic N) is 7. The first kappa shape index (κ1) is 89.5. The highest BCUT2D eigenvalue weighted by molar-refractivity contribution is 7.26. The van der Waals surface area contributed by atoms with Crippen molar-refractivity contribution >= 4 is 198 Å². The topological polar surface area (TPSA) is 24.4 Å². The zero-order valence-electron chi connectivity index (χ0n) is 81.6. The van der Waals surface area contributed by atoms with E-state index in [1.807, 2.05) is 22.7 Å². The van der Waals surface area contributed by atoms with Crippen LogP contribution in [0.3, 0.4) is 0 Å². The third kappa shape index (κ3) is 16.7. The second-order valence-electron chi connectivity index (χ2n) is 38.3. The predicted molar refractivity (Wildman–Crippen MR) is 632 cm³/mol. The minimum Gasteiger partial charge on any atom is -0.310 e. The molecule has 3 aromatic heterocycles. The third-order valence-electron chi connectivity index (χ3n) is 29.1. The highest BCUT2D eigenvalue weighted by Crippen LogP contribution is 2.55. The zero-order chi connectivity index (χ0) is 98.5. The minimum atomic E-state index is -0.0963. The summed E-state index contributed by atoms with van der Waals surface area (Å²) in [5, 5.41) is 9.93. The van der Waals surface area contributed by atoms with E-state index in [1.54, 1.807) is 0 Å². The standard InChI is InChI=1S/C70H48N4S.C69H51N3S/c1-5-23-53(24-6-1)71(54-25-7-2-8-26-54)59-39-42-63-64-43-40-60(48-70(64)75-69(63)47-59)73(67-35-18-17-34-66(67)72(55-27-9-3-10-28-55)56-29-11-4-12-30-56)57-31-19-22-51(45-57)52-37-41-62-61-32-15-16-33-65(61)74(68(62)46-52)58-38-36-49-20-13-14-21-50(49)44-58;1-69(2)65-36-18-17-35-61(65)64-45-56(39-42-66(64)69)72(58-38-41-63-62-40-37-57(46-67(62)73-68(63)47-58)71(52-27-11-5-12-28-52)53-29-13-6-14-30-53)55-32-20-22-49(44-55)60-34-16-15-33-59(60)48-21-19-31-54(43-48)70(50-23-7-3-8-24-50)51-25-9-4-10-26-51/h1-48H;3-47H,1-2H3. The van der Waals surface area contributed by atoms with Crippen molar-refractivity contribution in [3.8, 4) is 50.2 Å². The molecular weight excluding hydrogens is 1830 g/mol. The van der Waals surface area contributed by atoms with Gasteiger partial charge < -0.3 is 34.0 Å². The van der Waals surface area contributed by atoms with Crippen LogP contribution in [0.1, 0.15) is 25.0 Å². The normalized spacial score (nSPS) is 11.9. The molecule has 0 saturated carbocycles. The first-order chi connectivity index (χ1) is 73.2. The van der Waals surface area contributed by atoms with E-state index < -0.39 is 0 Å². The lowest BCUT2D eigenvalue weighted by Gasteiger charge is -2.33. The maximum absolute atomic E-state index is 2.46. The van der Waals surface area contributed by atoms with Crippen LogP contribution in [0.15, 0.2) is 564 Å². The molecule has 1 aliphatic carbocycles. The number of anilines is 18. The van der Waals surface area contributed by atoms with Crippen LogP contribution in [-0.4, -0.2) is 4.57 Å². The average Bonchev–Trinajstić information content (AvgIpc) is 1.58. The van der Waals surface area contributed by atoms with Gasteiger partial charge in [-0.15, -0.1) is 22.7 Å². The maximum atomic E-state index is 2.46. The van der Waals surface area contributed by atoms with E-state index in [1.165, 1.54) is 106 Å². The Labute approximate surface area is 870 Å². The number of fused-ring (bicyclic) bond motifs is 13. The molecule has 0 spiro atoms. The van der Waals surface area contributed by atoms with Crippen LogP contribution in [0, 0.1) is 0 Å². The first-order valence-electron chi connectivity index (χ1n) is 50.6. The van der Waals surface area contributed by atoms with Crippen molar-refractivity contribution < 1.29 is 0 Å². The van der Waals surface area contributed by atoms with E-state index in [-0.39, 0.29) is 5.41 Å². The van der Waals surface area contributed by atoms with E-state index in [2.05, 4.69) is 612 Å². The van der Waals surface area contributed by atoms with Gasteiger partial charge in [0.25, 0.3) is 0 Å². The van der Waals surface area contributed by atoms with Crippen molar-refractivity contribution in [1.82, 2.24) is 4.57 Å². The SMILES string of the molecule is CC1(C)c2ccccc2-c2cc(N(c3cccc(-c4ccccc4-c4cccc(N(c5ccccc5)c5ccccc5)c4)c3)c3ccc4c(c3)sc3cc(N(c5ccccc5)c5ccccc5)ccc34)ccc21.c1ccc(N(c2ccccc2)c2ccc3c(c2)sc2cc(N(c4cccc(-c5ccc6c7ccccc7n(-c7ccc8ccccc8c7)c6c5)c4)c4ccccc4N(c4ccccc4)c4ccccc4)ccc23)cc1. The van der Waals surface area contributed by atoms with Crippen LogP contribution >= 0.6 is 22.7 Å². The number of aromatic nitrogens is 1. The van der Waals surface area contributed by atoms with Crippen LogP contribution in [-0.2, 0) is 5.41 Å². The van der Waals surface area contributed by atoms with Gasteiger partial charge >= 0.3 is 0 Å². The molecule has 0 atom stereocenters. The molecule has 148 heavy (non-hydrogen) atoms. The van der Waals surface area contributed by atoms with Crippen molar-refractivity contribution in [3.63, 3.8) is 0 Å². The van der Waals surface area contributed by atoms with Gasteiger partial charge in [-0.1, -0.05) is 347 Å². The molecule has 702 valence electrons. The number of benzene rings is 23. The van der Waals surface area contributed by atoms with Gasteiger partial charge in [0.05, 0.1) is 22.4 Å². The number of rotatable bonds is 22. The Balaban J connectivity index is 0.000000150. The first-order valence-corrected chi connectivity index (χ1v) is 52.2. The Bertz CT molecular complexity index is 9260. The third-order valence-corrected chi connectivity index (χ3v) is 31.3. The maximum Gasteiger partial charge on any atom is 0.0702 e. The predicted octanol–water partition coefficient (Wildman–Crippen LogP) is 40.5. The molecule has 26 aromatic rings. The lowest BCUT2D eigenvalue weighted by Crippen LogP contribution is -2.16. The van der Waals surface area contributed by atoms with Gasteiger partial charge in [-0.3, -0.25) is 0 Å². The molecule has 3 heterocycles. The molecule has 1 aliphatic rings. The summed E-state index contributed by atoms with van der Waals surface area (Å²) in [4.78, 5) is 14.3. The van der Waals surface area contributed by atoms with Crippen molar-refractivity contribution in [2.24, 2.45) is 0 Å². The Morgan fingerprint density at radius 1 is 0.169 bits per heavy atom. The fourth-order valence-electron chi connectivity index (χ4n) is 22.2. The Morgan fingerprint density at radius 3 is 0.919 bits per heavy atom. The largest absolute Gasteiger partial charge is 0.310 e. The fraction of sp³-hybridized carbons (Fsp3) is 0.0216. The quantitative estimate of drug-likeness (QED) is 0.0670. The van der Waals surface area contributed by atoms with Crippen molar-refractivity contribution in [3.05, 3.63) is 575 Å². The molecule has 0 unspecified atom stereocenters. The minimum absolute atomic E-state index is 0.0963. The lowest BCUT2D eigenvalue weighted by atomic mass is 9.82. The van der Waals surface area contributed by atoms with E-state index >= 15 is 0 Å². The number of thiophene rings is 2. The molecule has 23 aromatic carbocycles. The summed E-state index contributed by atoms with van der Waals surface area (Å²) in [7, 11) is 0. The molecule has 9 heteroatoms. The van der Waals surface area contributed by atoms with Gasteiger partial charge in [0.2, 0.25) is 0 Å². The Morgan fingerprint density at radius 2 is 0.466 bits per heavy atom. The Kier molecular flexibility index (Phi) is 23.3. The van der Waals surface area contributed by atoms with Gasteiger partial charge in [-0.25, -0.2) is 0 Å². The molecule has 0 fully saturated rings. The molecule has 0 radical (unpaired) electrons. The van der Waals surface area contributed by atoms with Crippen molar-refractivity contribution in [2.45, 2.75) is 19.3 Å². The molecule has 0 saturated heterocycles. The van der Waals surface area contributed by atoms with Crippen LogP contribution in [0.4, 0.5) is 102 Å². The highest BCUT2D eigenvalue weighted by Gasteiger charge is 2.37. The molecule has 0 bridgehead atoms. The van der Waals surface area contributed by atoms with Crippen LogP contribution in [0.2, 0.25) is 0 Å². The summed E-state index contributed by atoms with van der Waals surface area (Å²) >= 11 is 3.71. The smallest absolute Gasteiger partial charge is 0.0702 e. The average molecular weight is 1930 g/mol. The lowest BCUT2D eigenvalue weighted by molar-refractivity contribution is 0.660. The van der Waals surface area contributed by atoms with E-state index in [0.29, 0.717) is 0 Å². The van der Waals surface area contributed by atoms with Crippen LogP contribution in [0.25, 0.3) is 123 Å². The van der Waals surface area contributed by atoms with Gasteiger partial charge in [0.15, 0.2) is 0 Å². The molecule has 7 nitrogen and oxygen atoms in total. The fourth-order valence-corrected chi connectivity index (χ4v) is 24.5. The van der Waals surface area contributed by atoms with Crippen molar-refractivity contribution in [1.29, 1.82) is 0 Å². The zero-order valence-corrected chi connectivity index (χ0v) is 83.3. The molecule has 27 rings (SSSR count). The second kappa shape index (κ2) is 38.6. The summed E-state index contributed by atoms with van der Waals surface area (Å²) < 4.78 is 7.39. The molecule has 0 N–H and O–H groups in total. The van der Waals surface area contributed by atoms with Gasteiger partial charge in [-0.05, 0) is 297 Å². The summed E-state index contributed by atoms with van der Waals surface area (Å²) in [5.74, 6) is 0. The van der Waals surface area contributed by atoms with Gasteiger partial charge in [0.1, 0.15) is 0 Å². The molecular formula is C139H99N7S2. The summed E-state index contributed by atoms with van der Waals surface area (Å²) in [6.45, 7) is 4.71. The summed E-state index contributed by atoms with van der Waals surface area (Å²) in [5.41, 5.74) is 35.5. The van der Waals surface area contributed by atoms with Crippen LogP contribution < -0.4 is 29.4 Å². The number of hydrogen-bond donors (Lipinski definition) is 0. The second-order valence-corrected chi connectivity index (χ2v) is 40.5. The van der Waals surface area contributed by atoms with Crippen molar-refractivity contribution in [2.75, 3.05) is 29.4 Å². The van der Waals surface area contributed by atoms with Gasteiger partial charge in [0, 0.05) is 153 Å². The molecule has 0 amide bonds. The monoisotopic (exact) mass is 1930 g/mol. The summed E-state index contributed by atoms with van der Waals surface area (Å²) in [6, 6.07) is 205. The van der Waals surface area contributed by atoms with E-state index in [9.17, 15) is 0 Å². The molecule has 0 aliphatic heterocycles. The summed E-state index contributed by atoms with van der Waals surface area (Å²) in [6.07, 6.45) is 0. The van der Waals surface area contributed by atoms with Crippen LogP contribution in [0.5, 0.6) is 0 Å². The van der Waals surface area contributed by atoms with E-state index in [4.69, 9.17) is 0 Å². The number of para-hydroxylation sites is 11. The van der Waals surface area contributed by atoms with Gasteiger partial charge in [-0.2, -0.15) is 0 Å². The Hall–Kier alpha value is -18.6. The van der Waals surface area contributed by atoms with E-state index in [0.717, 1.165) is 130 Å². The highest BCUT2D eigenvalue weighted by atomic mass is 32.1. The number of hydrogen-bond acceptors (Lipinski definition) is 8.